The standard InChI is InChI=1S/C23H28ClN3O5S/c1-17-6-5-7-18(14-17)26-10-12-27(13-11-26)33(30,31)16-22(28)25-21(15-23(29)32-2)19-8-3-4-9-20(19)24/h3-9,14,21H,10-13,15-16H2,1-2H3,(H,25,28). The van der Waals surface area contributed by atoms with E-state index >= 15 is 0 Å². The third-order valence-electron chi connectivity index (χ3n) is 5.53. The molecule has 0 saturated carbocycles. The summed E-state index contributed by atoms with van der Waals surface area (Å²) in [7, 11) is -2.58. The van der Waals surface area contributed by atoms with Crippen LogP contribution >= 0.6 is 11.6 Å². The maximum Gasteiger partial charge on any atom is 0.307 e. The monoisotopic (exact) mass is 493 g/mol. The number of hydrogen-bond donors (Lipinski definition) is 1. The van der Waals surface area contributed by atoms with Crippen molar-refractivity contribution in [1.29, 1.82) is 0 Å². The maximum atomic E-state index is 12.9. The summed E-state index contributed by atoms with van der Waals surface area (Å²) in [6.07, 6.45) is -0.165. The lowest BCUT2D eigenvalue weighted by atomic mass is 10.0. The van der Waals surface area contributed by atoms with Gasteiger partial charge in [0.2, 0.25) is 15.9 Å². The van der Waals surface area contributed by atoms with Gasteiger partial charge in [-0.3, -0.25) is 9.59 Å². The van der Waals surface area contributed by atoms with Gasteiger partial charge in [0.1, 0.15) is 5.75 Å². The van der Waals surface area contributed by atoms with Crippen LogP contribution in [-0.2, 0) is 24.3 Å². The Morgan fingerprint density at radius 1 is 1.09 bits per heavy atom. The van der Waals surface area contributed by atoms with Gasteiger partial charge in [-0.15, -0.1) is 0 Å². The molecule has 0 spiro atoms. The largest absolute Gasteiger partial charge is 0.469 e. The Morgan fingerprint density at radius 2 is 1.79 bits per heavy atom. The number of halogens is 1. The van der Waals surface area contributed by atoms with Gasteiger partial charge in [0.25, 0.3) is 0 Å². The molecular formula is C23H28ClN3O5S. The molecule has 8 nitrogen and oxygen atoms in total. The number of carbonyl (C=O) groups excluding carboxylic acids is 2. The van der Waals surface area contributed by atoms with Crippen LogP contribution in [0, 0.1) is 6.92 Å². The first-order valence-corrected chi connectivity index (χ1v) is 12.6. The van der Waals surface area contributed by atoms with Crippen LogP contribution in [0.5, 0.6) is 0 Å². The molecule has 0 bridgehead atoms. The van der Waals surface area contributed by atoms with Gasteiger partial charge in [0, 0.05) is 36.9 Å². The number of carbonyl (C=O) groups is 2. The molecule has 1 unspecified atom stereocenters. The Labute approximate surface area is 199 Å². The maximum absolute atomic E-state index is 12.9. The summed E-state index contributed by atoms with van der Waals surface area (Å²) in [4.78, 5) is 26.6. The predicted octanol–water partition coefficient (Wildman–Crippen LogP) is 2.52. The van der Waals surface area contributed by atoms with Gasteiger partial charge >= 0.3 is 5.97 Å². The summed E-state index contributed by atoms with van der Waals surface area (Å²) in [5, 5.41) is 3.00. The minimum atomic E-state index is -3.82. The highest BCUT2D eigenvalue weighted by atomic mass is 35.5. The fraction of sp³-hybridized carbons (Fsp3) is 0.391. The number of sulfonamides is 1. The number of esters is 1. The van der Waals surface area contributed by atoms with Gasteiger partial charge in [0.15, 0.2) is 0 Å². The topological polar surface area (TPSA) is 96.0 Å². The van der Waals surface area contributed by atoms with Crippen molar-refractivity contribution >= 4 is 39.2 Å². The lowest BCUT2D eigenvalue weighted by Crippen LogP contribution is -2.50. The zero-order chi connectivity index (χ0) is 24.0. The van der Waals surface area contributed by atoms with Crippen LogP contribution in [-0.4, -0.2) is 63.6 Å². The van der Waals surface area contributed by atoms with E-state index in [9.17, 15) is 18.0 Å². The number of benzene rings is 2. The third-order valence-corrected chi connectivity index (χ3v) is 7.65. The van der Waals surface area contributed by atoms with Crippen molar-refractivity contribution in [3.63, 3.8) is 0 Å². The highest BCUT2D eigenvalue weighted by molar-refractivity contribution is 7.89. The summed E-state index contributed by atoms with van der Waals surface area (Å²) < 4.78 is 31.8. The lowest BCUT2D eigenvalue weighted by Gasteiger charge is -2.35. The minimum absolute atomic E-state index is 0.165. The van der Waals surface area contributed by atoms with E-state index in [0.29, 0.717) is 36.8 Å². The molecule has 1 saturated heterocycles. The van der Waals surface area contributed by atoms with E-state index in [1.807, 2.05) is 25.1 Å². The summed E-state index contributed by atoms with van der Waals surface area (Å²) in [5.74, 6) is -1.96. The van der Waals surface area contributed by atoms with Crippen molar-refractivity contribution in [1.82, 2.24) is 9.62 Å². The zero-order valence-corrected chi connectivity index (χ0v) is 20.2. The molecule has 1 amide bonds. The number of hydrogen-bond acceptors (Lipinski definition) is 6. The summed E-state index contributed by atoms with van der Waals surface area (Å²) in [5.41, 5.74) is 2.71. The Balaban J connectivity index is 1.63. The predicted molar refractivity (Wildman–Crippen MR) is 128 cm³/mol. The highest BCUT2D eigenvalue weighted by Gasteiger charge is 2.30. The van der Waals surface area contributed by atoms with E-state index in [0.717, 1.165) is 11.3 Å². The van der Waals surface area contributed by atoms with E-state index in [1.165, 1.54) is 11.4 Å². The first-order chi connectivity index (χ1) is 15.7. The van der Waals surface area contributed by atoms with Crippen LogP contribution in [0.3, 0.4) is 0 Å². The molecule has 0 aromatic heterocycles. The molecule has 1 N–H and O–H groups in total. The molecule has 10 heteroatoms. The quantitative estimate of drug-likeness (QED) is 0.568. The molecule has 2 aromatic rings. The van der Waals surface area contributed by atoms with Gasteiger partial charge < -0.3 is 15.0 Å². The van der Waals surface area contributed by atoms with E-state index < -0.39 is 33.7 Å². The number of aryl methyl sites for hydroxylation is 1. The summed E-state index contributed by atoms with van der Waals surface area (Å²) >= 11 is 6.22. The molecule has 0 aliphatic carbocycles. The van der Waals surface area contributed by atoms with Gasteiger partial charge in [-0.2, -0.15) is 4.31 Å². The second-order valence-electron chi connectivity index (χ2n) is 7.90. The summed E-state index contributed by atoms with van der Waals surface area (Å²) in [6, 6.07) is 14.0. The molecule has 178 valence electrons. The van der Waals surface area contributed by atoms with Gasteiger partial charge in [-0.05, 0) is 36.2 Å². The molecule has 1 heterocycles. The lowest BCUT2D eigenvalue weighted by molar-refractivity contribution is -0.141. The molecule has 33 heavy (non-hydrogen) atoms. The normalized spacial score (nSPS) is 15.7. The fourth-order valence-electron chi connectivity index (χ4n) is 3.79. The van der Waals surface area contributed by atoms with Crippen molar-refractivity contribution in [2.24, 2.45) is 0 Å². The van der Waals surface area contributed by atoms with Crippen LogP contribution in [0.2, 0.25) is 5.02 Å². The molecule has 1 aliphatic heterocycles. The number of anilines is 1. The highest BCUT2D eigenvalue weighted by Crippen LogP contribution is 2.26. The second-order valence-corrected chi connectivity index (χ2v) is 10.3. The van der Waals surface area contributed by atoms with E-state index in [2.05, 4.69) is 16.3 Å². The van der Waals surface area contributed by atoms with E-state index in [-0.39, 0.29) is 6.42 Å². The molecule has 0 radical (unpaired) electrons. The van der Waals surface area contributed by atoms with Crippen LogP contribution in [0.1, 0.15) is 23.6 Å². The van der Waals surface area contributed by atoms with Gasteiger partial charge in [-0.1, -0.05) is 41.9 Å². The smallest absolute Gasteiger partial charge is 0.307 e. The SMILES string of the molecule is COC(=O)CC(NC(=O)CS(=O)(=O)N1CCN(c2cccc(C)c2)CC1)c1ccccc1Cl. The molecule has 3 rings (SSSR count). The number of methoxy groups -OCH3 is 1. The number of nitrogens with one attached hydrogen (secondary N) is 1. The Kier molecular flexibility index (Phi) is 8.34. The third kappa shape index (κ3) is 6.69. The molecular weight excluding hydrogens is 466 g/mol. The molecule has 2 aromatic carbocycles. The minimum Gasteiger partial charge on any atom is -0.469 e. The van der Waals surface area contributed by atoms with E-state index in [4.69, 9.17) is 16.3 Å². The number of ether oxygens (including phenoxy) is 1. The average molecular weight is 494 g/mol. The number of rotatable bonds is 8. The second kappa shape index (κ2) is 11.0. The molecule has 1 aliphatic rings. The van der Waals surface area contributed by atoms with Crippen molar-refractivity contribution in [2.75, 3.05) is 43.9 Å². The number of piperazine rings is 1. The Bertz CT molecular complexity index is 1100. The average Bonchev–Trinajstić information content (AvgIpc) is 2.78. The molecule has 1 fully saturated rings. The Morgan fingerprint density at radius 3 is 2.42 bits per heavy atom. The number of amides is 1. The first-order valence-electron chi connectivity index (χ1n) is 10.6. The molecule has 1 atom stereocenters. The van der Waals surface area contributed by atoms with Crippen LogP contribution in [0.25, 0.3) is 0 Å². The van der Waals surface area contributed by atoms with Crippen molar-refractivity contribution in [2.45, 2.75) is 19.4 Å². The van der Waals surface area contributed by atoms with E-state index in [1.54, 1.807) is 24.3 Å². The van der Waals surface area contributed by atoms with Crippen molar-refractivity contribution in [3.05, 3.63) is 64.7 Å². The summed E-state index contributed by atoms with van der Waals surface area (Å²) in [6.45, 7) is 3.67. The van der Waals surface area contributed by atoms with Crippen molar-refractivity contribution < 1.29 is 22.7 Å². The Hall–Kier alpha value is -2.62. The van der Waals surface area contributed by atoms with Gasteiger partial charge in [-0.25, -0.2) is 8.42 Å². The fourth-order valence-corrected chi connectivity index (χ4v) is 5.37. The number of nitrogens with zero attached hydrogens (tertiary/aromatic N) is 2. The van der Waals surface area contributed by atoms with Gasteiger partial charge in [0.05, 0.1) is 19.6 Å². The van der Waals surface area contributed by atoms with Crippen LogP contribution in [0.15, 0.2) is 48.5 Å². The van der Waals surface area contributed by atoms with Crippen LogP contribution < -0.4 is 10.2 Å². The van der Waals surface area contributed by atoms with Crippen LogP contribution in [0.4, 0.5) is 5.69 Å². The zero-order valence-electron chi connectivity index (χ0n) is 18.7. The van der Waals surface area contributed by atoms with Crippen molar-refractivity contribution in [3.8, 4) is 0 Å². The first kappa shape index (κ1) is 25.0.